The first-order chi connectivity index (χ1) is 9.04. The average molecular weight is 376 g/mol. The lowest BCUT2D eigenvalue weighted by Crippen LogP contribution is -2.39. The first kappa shape index (κ1) is 15.9. The molecule has 0 fully saturated rings. The number of nitrogens with zero attached hydrogens (tertiary/aromatic N) is 1. The van der Waals surface area contributed by atoms with Crippen LogP contribution in [0.1, 0.15) is 10.4 Å². The molecule has 104 valence electrons. The van der Waals surface area contributed by atoms with Crippen molar-refractivity contribution in [2.45, 2.75) is 0 Å². The lowest BCUT2D eigenvalue weighted by atomic mass is 10.2. The zero-order valence-electron chi connectivity index (χ0n) is 11.0. The van der Waals surface area contributed by atoms with Gasteiger partial charge in [0.15, 0.2) is 0 Å². The number of carbonyl (C=O) groups excluding carboxylic acids is 2. The van der Waals surface area contributed by atoms with Gasteiger partial charge in [-0.2, -0.15) is 0 Å². The van der Waals surface area contributed by atoms with Crippen molar-refractivity contribution in [1.29, 1.82) is 0 Å². The number of methoxy groups -OCH3 is 1. The number of hydrogen-bond acceptors (Lipinski definition) is 3. The van der Waals surface area contributed by atoms with E-state index in [2.05, 4.69) is 27.9 Å². The summed E-state index contributed by atoms with van der Waals surface area (Å²) in [5, 5.41) is 2.67. The number of nitrogens with one attached hydrogen (secondary N) is 1. The summed E-state index contributed by atoms with van der Waals surface area (Å²) in [6.07, 6.45) is 0. The van der Waals surface area contributed by atoms with Crippen molar-refractivity contribution in [2.75, 3.05) is 33.9 Å². The minimum Gasteiger partial charge on any atom is -0.383 e. The average Bonchev–Trinajstić information content (AvgIpc) is 2.39. The predicted octanol–water partition coefficient (Wildman–Crippen LogP) is 1.13. The Labute approximate surface area is 126 Å². The van der Waals surface area contributed by atoms with Gasteiger partial charge in [-0.1, -0.05) is 0 Å². The van der Waals surface area contributed by atoms with Crippen LogP contribution in [-0.2, 0) is 9.53 Å². The van der Waals surface area contributed by atoms with Crippen molar-refractivity contribution in [3.63, 3.8) is 0 Å². The molecule has 0 aliphatic heterocycles. The van der Waals surface area contributed by atoms with Crippen molar-refractivity contribution in [3.8, 4) is 0 Å². The Morgan fingerprint density at radius 2 is 1.95 bits per heavy atom. The van der Waals surface area contributed by atoms with Gasteiger partial charge in [0.2, 0.25) is 5.91 Å². The van der Waals surface area contributed by atoms with E-state index in [1.807, 2.05) is 12.1 Å². The maximum atomic E-state index is 12.0. The van der Waals surface area contributed by atoms with Crippen LogP contribution in [0.4, 0.5) is 0 Å². The molecule has 0 saturated heterocycles. The Kier molecular flexibility index (Phi) is 6.79. The van der Waals surface area contributed by atoms with Crippen LogP contribution in [0, 0.1) is 3.57 Å². The van der Waals surface area contributed by atoms with Gasteiger partial charge in [0.1, 0.15) is 0 Å². The van der Waals surface area contributed by atoms with E-state index in [0.29, 0.717) is 18.7 Å². The molecule has 2 amide bonds. The second-order valence-corrected chi connectivity index (χ2v) is 5.26. The van der Waals surface area contributed by atoms with Gasteiger partial charge in [-0.3, -0.25) is 9.59 Å². The largest absolute Gasteiger partial charge is 0.383 e. The second-order valence-electron chi connectivity index (χ2n) is 4.01. The van der Waals surface area contributed by atoms with Crippen LogP contribution in [0.5, 0.6) is 0 Å². The Morgan fingerprint density at radius 1 is 1.32 bits per heavy atom. The Bertz CT molecular complexity index is 434. The summed E-state index contributed by atoms with van der Waals surface area (Å²) in [6.45, 7) is 0.940. The Morgan fingerprint density at radius 3 is 2.53 bits per heavy atom. The first-order valence-electron chi connectivity index (χ1n) is 5.81. The van der Waals surface area contributed by atoms with Crippen molar-refractivity contribution >= 4 is 34.4 Å². The van der Waals surface area contributed by atoms with E-state index in [4.69, 9.17) is 4.74 Å². The molecule has 0 unspecified atom stereocenters. The summed E-state index contributed by atoms with van der Waals surface area (Å²) in [4.78, 5) is 25.0. The molecular formula is C13H17IN2O3. The molecule has 0 atom stereocenters. The summed E-state index contributed by atoms with van der Waals surface area (Å²) in [5.74, 6) is -0.364. The maximum Gasteiger partial charge on any atom is 0.254 e. The fourth-order valence-corrected chi connectivity index (χ4v) is 1.81. The van der Waals surface area contributed by atoms with E-state index < -0.39 is 0 Å². The van der Waals surface area contributed by atoms with Crippen LogP contribution in [0.15, 0.2) is 24.3 Å². The lowest BCUT2D eigenvalue weighted by molar-refractivity contribution is -0.121. The number of likely N-dealkylation sites (N-methyl/N-ethyl adjacent to an activating group) is 1. The second kappa shape index (κ2) is 8.11. The standard InChI is InChI=1S/C13H17IN2O3/c1-16(9-12(17)15-7-8-19-2)13(18)10-3-5-11(14)6-4-10/h3-6H,7-9H2,1-2H3,(H,15,17). The molecule has 0 spiro atoms. The van der Waals surface area contributed by atoms with E-state index in [0.717, 1.165) is 3.57 Å². The zero-order valence-corrected chi connectivity index (χ0v) is 13.1. The van der Waals surface area contributed by atoms with E-state index in [1.165, 1.54) is 4.90 Å². The van der Waals surface area contributed by atoms with Crippen molar-refractivity contribution in [1.82, 2.24) is 10.2 Å². The molecule has 1 N–H and O–H groups in total. The van der Waals surface area contributed by atoms with Gasteiger partial charge in [0.25, 0.3) is 5.91 Å². The molecule has 5 nitrogen and oxygen atoms in total. The highest BCUT2D eigenvalue weighted by Crippen LogP contribution is 2.08. The molecule has 0 heterocycles. The summed E-state index contributed by atoms with van der Waals surface area (Å²) in [5.41, 5.74) is 0.576. The molecule has 0 bridgehead atoms. The van der Waals surface area contributed by atoms with Crippen LogP contribution in [0.2, 0.25) is 0 Å². The minimum absolute atomic E-state index is 0.0362. The summed E-state index contributed by atoms with van der Waals surface area (Å²) < 4.78 is 5.89. The number of hydrogen-bond donors (Lipinski definition) is 1. The van der Waals surface area contributed by atoms with Crippen molar-refractivity contribution in [2.24, 2.45) is 0 Å². The first-order valence-corrected chi connectivity index (χ1v) is 6.89. The summed E-state index contributed by atoms with van der Waals surface area (Å²) in [6, 6.07) is 7.23. The molecule has 0 aliphatic rings. The number of ether oxygens (including phenoxy) is 1. The van der Waals surface area contributed by atoms with Gasteiger partial charge in [-0.05, 0) is 46.9 Å². The highest BCUT2D eigenvalue weighted by Gasteiger charge is 2.14. The monoisotopic (exact) mass is 376 g/mol. The van der Waals surface area contributed by atoms with Crippen LogP contribution in [-0.4, -0.2) is 50.6 Å². The Hall–Kier alpha value is -1.15. The maximum absolute atomic E-state index is 12.0. The van der Waals surface area contributed by atoms with Crippen LogP contribution in [0.3, 0.4) is 0 Å². The number of benzene rings is 1. The van der Waals surface area contributed by atoms with E-state index in [-0.39, 0.29) is 18.4 Å². The minimum atomic E-state index is -0.196. The van der Waals surface area contributed by atoms with Crippen molar-refractivity contribution < 1.29 is 14.3 Å². The molecule has 1 aromatic carbocycles. The molecule has 0 saturated carbocycles. The third-order valence-corrected chi connectivity index (χ3v) is 3.17. The molecule has 0 aromatic heterocycles. The van der Waals surface area contributed by atoms with Crippen molar-refractivity contribution in [3.05, 3.63) is 33.4 Å². The topological polar surface area (TPSA) is 58.6 Å². The fraction of sp³-hybridized carbons (Fsp3) is 0.385. The van der Waals surface area contributed by atoms with Gasteiger partial charge in [-0.25, -0.2) is 0 Å². The normalized spacial score (nSPS) is 10.1. The Balaban J connectivity index is 2.48. The van der Waals surface area contributed by atoms with E-state index >= 15 is 0 Å². The van der Waals surface area contributed by atoms with Crippen LogP contribution >= 0.6 is 22.6 Å². The van der Waals surface area contributed by atoms with E-state index in [9.17, 15) is 9.59 Å². The SMILES string of the molecule is COCCNC(=O)CN(C)C(=O)c1ccc(I)cc1. The number of halogens is 1. The molecule has 0 radical (unpaired) electrons. The summed E-state index contributed by atoms with van der Waals surface area (Å²) in [7, 11) is 3.18. The number of carbonyl (C=O) groups is 2. The number of rotatable bonds is 6. The van der Waals surface area contributed by atoms with Gasteiger partial charge < -0.3 is 15.0 Å². The zero-order chi connectivity index (χ0) is 14.3. The van der Waals surface area contributed by atoms with Gasteiger partial charge in [-0.15, -0.1) is 0 Å². The molecule has 0 aliphatic carbocycles. The van der Waals surface area contributed by atoms with Gasteiger partial charge in [0.05, 0.1) is 13.2 Å². The quantitative estimate of drug-likeness (QED) is 0.598. The molecule has 1 aromatic rings. The summed E-state index contributed by atoms with van der Waals surface area (Å²) >= 11 is 2.18. The van der Waals surface area contributed by atoms with Gasteiger partial charge >= 0.3 is 0 Å². The third-order valence-electron chi connectivity index (χ3n) is 2.45. The fourth-order valence-electron chi connectivity index (χ4n) is 1.45. The van der Waals surface area contributed by atoms with Crippen LogP contribution < -0.4 is 5.32 Å². The predicted molar refractivity (Wildman–Crippen MR) is 81.0 cm³/mol. The van der Waals surface area contributed by atoms with E-state index in [1.54, 1.807) is 26.3 Å². The lowest BCUT2D eigenvalue weighted by Gasteiger charge is -2.16. The smallest absolute Gasteiger partial charge is 0.254 e. The molecule has 19 heavy (non-hydrogen) atoms. The van der Waals surface area contributed by atoms with Gasteiger partial charge in [0, 0.05) is 29.8 Å². The highest BCUT2D eigenvalue weighted by molar-refractivity contribution is 14.1. The molecular weight excluding hydrogens is 359 g/mol. The molecule has 6 heteroatoms. The number of amides is 2. The van der Waals surface area contributed by atoms with Crippen LogP contribution in [0.25, 0.3) is 0 Å². The molecule has 1 rings (SSSR count). The highest BCUT2D eigenvalue weighted by atomic mass is 127. The third kappa shape index (κ3) is 5.56.